The molecule has 1 aromatic heterocycles. The van der Waals surface area contributed by atoms with Gasteiger partial charge in [0.1, 0.15) is 5.69 Å². The summed E-state index contributed by atoms with van der Waals surface area (Å²) in [6.07, 6.45) is 0. The third-order valence-corrected chi connectivity index (χ3v) is 6.83. The largest absolute Gasteiger partial charge is 0.350 e. The van der Waals surface area contributed by atoms with Crippen LogP contribution in [0.2, 0.25) is 5.02 Å². The Morgan fingerprint density at radius 2 is 1.53 bits per heavy atom. The molecular weight excluding hydrogens is 446 g/mol. The van der Waals surface area contributed by atoms with E-state index in [1.807, 2.05) is 42.5 Å². The average Bonchev–Trinajstić information content (AvgIpc) is 3.26. The number of hydrogen-bond acceptors (Lipinski definition) is 4. The highest BCUT2D eigenvalue weighted by Crippen LogP contribution is 2.23. The van der Waals surface area contributed by atoms with E-state index >= 15 is 0 Å². The lowest BCUT2D eigenvalue weighted by Gasteiger charge is -2.09. The maximum Gasteiger partial charge on any atom is 0.270 e. The Bertz CT molecular complexity index is 1320. The van der Waals surface area contributed by atoms with Crippen molar-refractivity contribution in [3.05, 3.63) is 102 Å². The normalized spacial score (nSPS) is 11.3. The van der Waals surface area contributed by atoms with E-state index in [0.29, 0.717) is 16.4 Å². The fourth-order valence-corrected chi connectivity index (χ4v) is 4.51. The Labute approximate surface area is 191 Å². The Morgan fingerprint density at radius 3 is 2.19 bits per heavy atom. The lowest BCUT2D eigenvalue weighted by molar-refractivity contribution is 0.0948. The van der Waals surface area contributed by atoms with Crippen molar-refractivity contribution in [2.45, 2.75) is 4.90 Å². The molecule has 0 unspecified atom stereocenters. The Morgan fingerprint density at radius 1 is 0.906 bits per heavy atom. The van der Waals surface area contributed by atoms with E-state index in [9.17, 15) is 13.2 Å². The monoisotopic (exact) mass is 465 g/mol. The summed E-state index contributed by atoms with van der Waals surface area (Å²) in [7, 11) is -3.49. The number of carbonyl (C=O) groups excluding carboxylic acids is 1. The molecule has 32 heavy (non-hydrogen) atoms. The highest BCUT2D eigenvalue weighted by atomic mass is 35.5. The van der Waals surface area contributed by atoms with Crippen molar-refractivity contribution in [1.29, 1.82) is 0 Å². The molecule has 0 atom stereocenters. The van der Waals surface area contributed by atoms with Gasteiger partial charge < -0.3 is 5.32 Å². The van der Waals surface area contributed by atoms with Gasteiger partial charge >= 0.3 is 0 Å². The lowest BCUT2D eigenvalue weighted by Crippen LogP contribution is -2.30. The summed E-state index contributed by atoms with van der Waals surface area (Å²) in [5.74, 6) is -0.614. The number of amides is 1. The zero-order chi connectivity index (χ0) is 22.6. The molecule has 4 rings (SSSR count). The number of para-hydroxylation sites is 1. The fourth-order valence-electron chi connectivity index (χ4n) is 3.21. The predicted octanol–water partition coefficient (Wildman–Crippen LogP) is 4.40. The number of carbonyl (C=O) groups is 1. The summed E-state index contributed by atoms with van der Waals surface area (Å²) in [6, 6.07) is 26.3. The zero-order valence-electron chi connectivity index (χ0n) is 17.0. The van der Waals surface area contributed by atoms with Gasteiger partial charge in [-0.2, -0.15) is 5.10 Å². The lowest BCUT2D eigenvalue weighted by atomic mass is 10.1. The maximum absolute atomic E-state index is 13.0. The first-order chi connectivity index (χ1) is 15.4. The molecule has 1 amide bonds. The van der Waals surface area contributed by atoms with Crippen LogP contribution in [-0.4, -0.2) is 36.4 Å². The molecule has 0 fully saturated rings. The van der Waals surface area contributed by atoms with E-state index < -0.39 is 15.7 Å². The number of halogens is 1. The highest BCUT2D eigenvalue weighted by Gasteiger charge is 2.19. The summed E-state index contributed by atoms with van der Waals surface area (Å²) in [6.45, 7) is -0.0215. The molecule has 0 aliphatic carbocycles. The van der Waals surface area contributed by atoms with Crippen LogP contribution in [0.3, 0.4) is 0 Å². The summed E-state index contributed by atoms with van der Waals surface area (Å²) in [5.41, 5.74) is 2.44. The van der Waals surface area contributed by atoms with Crippen molar-refractivity contribution < 1.29 is 13.2 Å². The smallest absolute Gasteiger partial charge is 0.270 e. The summed E-state index contributed by atoms with van der Waals surface area (Å²) >= 11 is 5.98. The quantitative estimate of drug-likeness (QED) is 0.438. The second-order valence-corrected chi connectivity index (χ2v) is 9.60. The number of nitrogens with zero attached hydrogens (tertiary/aromatic N) is 2. The van der Waals surface area contributed by atoms with Crippen LogP contribution >= 0.6 is 11.6 Å². The molecule has 8 heteroatoms. The first-order valence-corrected chi connectivity index (χ1v) is 11.9. The third kappa shape index (κ3) is 4.90. The highest BCUT2D eigenvalue weighted by molar-refractivity contribution is 7.91. The second kappa shape index (κ2) is 9.38. The van der Waals surface area contributed by atoms with Gasteiger partial charge in [-0.25, -0.2) is 13.1 Å². The molecule has 1 N–H and O–H groups in total. The van der Waals surface area contributed by atoms with Gasteiger partial charge in [-0.05, 0) is 42.5 Å². The fraction of sp³-hybridized carbons (Fsp3) is 0.0833. The minimum Gasteiger partial charge on any atom is -0.350 e. The molecule has 4 aromatic rings. The van der Waals surface area contributed by atoms with Gasteiger partial charge in [0.2, 0.25) is 0 Å². The molecule has 0 saturated carbocycles. The van der Waals surface area contributed by atoms with Gasteiger partial charge in [-0.1, -0.05) is 60.1 Å². The van der Waals surface area contributed by atoms with Crippen molar-refractivity contribution in [2.24, 2.45) is 0 Å². The van der Waals surface area contributed by atoms with Crippen molar-refractivity contribution in [2.75, 3.05) is 12.3 Å². The third-order valence-electron chi connectivity index (χ3n) is 4.84. The van der Waals surface area contributed by atoms with Crippen LogP contribution in [0, 0.1) is 0 Å². The van der Waals surface area contributed by atoms with Crippen molar-refractivity contribution in [3.8, 4) is 16.9 Å². The standard InChI is InChI=1S/C24H20ClN3O3S/c25-19-13-11-18(12-14-19)22-17-23(28(27-22)20-7-3-1-4-8-20)24(29)26-15-16-32(30,31)21-9-5-2-6-10-21/h1-14,17H,15-16H2,(H,26,29). The molecule has 162 valence electrons. The second-order valence-electron chi connectivity index (χ2n) is 7.06. The van der Waals surface area contributed by atoms with E-state index in [1.54, 1.807) is 53.2 Å². The van der Waals surface area contributed by atoms with Crippen molar-refractivity contribution >= 4 is 27.3 Å². The molecule has 3 aromatic carbocycles. The van der Waals surface area contributed by atoms with Gasteiger partial charge in [0.05, 0.1) is 22.0 Å². The van der Waals surface area contributed by atoms with Crippen LogP contribution in [0.4, 0.5) is 0 Å². The molecule has 0 aliphatic rings. The minimum atomic E-state index is -3.49. The first-order valence-electron chi connectivity index (χ1n) is 9.91. The van der Waals surface area contributed by atoms with E-state index in [4.69, 9.17) is 11.6 Å². The van der Waals surface area contributed by atoms with Crippen LogP contribution in [0.1, 0.15) is 10.5 Å². The zero-order valence-corrected chi connectivity index (χ0v) is 18.6. The summed E-state index contributed by atoms with van der Waals surface area (Å²) in [5, 5.41) is 7.91. The topological polar surface area (TPSA) is 81.1 Å². The van der Waals surface area contributed by atoms with Crippen LogP contribution in [0.5, 0.6) is 0 Å². The van der Waals surface area contributed by atoms with Gasteiger partial charge in [0.25, 0.3) is 5.91 Å². The van der Waals surface area contributed by atoms with Crippen LogP contribution in [-0.2, 0) is 9.84 Å². The van der Waals surface area contributed by atoms with Gasteiger partial charge in [-0.3, -0.25) is 4.79 Å². The first kappa shape index (κ1) is 21.8. The van der Waals surface area contributed by atoms with Crippen LogP contribution in [0.25, 0.3) is 16.9 Å². The van der Waals surface area contributed by atoms with E-state index in [2.05, 4.69) is 10.4 Å². The van der Waals surface area contributed by atoms with Crippen molar-refractivity contribution in [3.63, 3.8) is 0 Å². The number of rotatable bonds is 7. The average molecular weight is 466 g/mol. The van der Waals surface area contributed by atoms with Crippen LogP contribution in [0.15, 0.2) is 95.9 Å². The number of hydrogen-bond donors (Lipinski definition) is 1. The molecule has 0 aliphatic heterocycles. The molecular formula is C24H20ClN3O3S. The summed E-state index contributed by atoms with van der Waals surface area (Å²) in [4.78, 5) is 13.2. The van der Waals surface area contributed by atoms with Gasteiger partial charge in [-0.15, -0.1) is 0 Å². The van der Waals surface area contributed by atoms with Gasteiger partial charge in [0, 0.05) is 17.1 Å². The summed E-state index contributed by atoms with van der Waals surface area (Å²) < 4.78 is 26.5. The molecule has 0 radical (unpaired) electrons. The van der Waals surface area contributed by atoms with E-state index in [0.717, 1.165) is 11.3 Å². The Balaban J connectivity index is 1.57. The Hall–Kier alpha value is -3.42. The molecule has 0 bridgehead atoms. The molecule has 0 spiro atoms. The number of aromatic nitrogens is 2. The molecule has 0 saturated heterocycles. The van der Waals surface area contributed by atoms with E-state index in [1.165, 1.54) is 0 Å². The van der Waals surface area contributed by atoms with Crippen LogP contribution < -0.4 is 5.32 Å². The maximum atomic E-state index is 13.0. The number of benzene rings is 3. The molecule has 1 heterocycles. The number of nitrogens with one attached hydrogen (secondary N) is 1. The number of sulfone groups is 1. The Kier molecular flexibility index (Phi) is 6.39. The van der Waals surface area contributed by atoms with E-state index in [-0.39, 0.29) is 17.2 Å². The molecule has 6 nitrogen and oxygen atoms in total. The van der Waals surface area contributed by atoms with Gasteiger partial charge in [0.15, 0.2) is 9.84 Å². The predicted molar refractivity (Wildman–Crippen MR) is 125 cm³/mol. The minimum absolute atomic E-state index is 0.0215. The van der Waals surface area contributed by atoms with Crippen molar-refractivity contribution in [1.82, 2.24) is 15.1 Å². The SMILES string of the molecule is O=C(NCCS(=O)(=O)c1ccccc1)c1cc(-c2ccc(Cl)cc2)nn1-c1ccccc1.